The molecule has 2 fully saturated rings. The molecule has 3 rings (SSSR count). The molecule has 0 bridgehead atoms. The highest BCUT2D eigenvalue weighted by atomic mass is 35.5. The number of carbonyl (C=O) groups excluding carboxylic acids is 3. The number of likely N-dealkylation sites (tertiary alicyclic amines) is 2. The molecule has 9 nitrogen and oxygen atoms in total. The number of carbonyl (C=O) groups is 3. The van der Waals surface area contributed by atoms with Gasteiger partial charge in [-0.25, -0.2) is 4.98 Å². The highest BCUT2D eigenvalue weighted by Gasteiger charge is 2.39. The van der Waals surface area contributed by atoms with Crippen molar-refractivity contribution in [3.05, 3.63) is 22.8 Å². The number of nitrogens with one attached hydrogen (secondary N) is 1. The van der Waals surface area contributed by atoms with E-state index in [0.29, 0.717) is 38.9 Å². The Bertz CT molecular complexity index is 810. The SMILES string of the molecule is CC(=O)N1CCC[C@@H]1C(=O)N1CCC(O)(CNC(=O)c2cnc(N)c(Cl)c2)CC1. The standard InChI is InChI=1S/C19H26ClN5O4/c1-12(26)25-6-2-3-15(25)18(28)24-7-4-19(29,5-8-24)11-23-17(27)13-9-14(20)16(21)22-10-13/h9-10,15,29H,2-8,11H2,1H3,(H2,21,22)(H,23,27)/t15-/m1/s1. The Morgan fingerprint density at radius 3 is 2.66 bits per heavy atom. The minimum absolute atomic E-state index is 0.0544. The molecule has 158 valence electrons. The zero-order valence-corrected chi connectivity index (χ0v) is 17.1. The predicted molar refractivity (Wildman–Crippen MR) is 107 cm³/mol. The first-order valence-corrected chi connectivity index (χ1v) is 10.1. The number of anilines is 1. The van der Waals surface area contributed by atoms with Crippen molar-refractivity contribution in [1.29, 1.82) is 0 Å². The summed E-state index contributed by atoms with van der Waals surface area (Å²) in [6, 6.07) is 1.02. The number of piperidine rings is 1. The summed E-state index contributed by atoms with van der Waals surface area (Å²) >= 11 is 5.88. The van der Waals surface area contributed by atoms with Crippen LogP contribution in [0.2, 0.25) is 5.02 Å². The lowest BCUT2D eigenvalue weighted by Crippen LogP contribution is -2.55. The van der Waals surface area contributed by atoms with E-state index in [2.05, 4.69) is 10.3 Å². The third-order valence-corrected chi connectivity index (χ3v) is 5.96. The van der Waals surface area contributed by atoms with Gasteiger partial charge in [-0.2, -0.15) is 0 Å². The van der Waals surface area contributed by atoms with Crippen LogP contribution in [-0.4, -0.2) is 75.4 Å². The van der Waals surface area contributed by atoms with Crippen molar-refractivity contribution < 1.29 is 19.5 Å². The summed E-state index contributed by atoms with van der Waals surface area (Å²) in [5.41, 5.74) is 4.69. The highest BCUT2D eigenvalue weighted by Crippen LogP contribution is 2.26. The molecular formula is C19H26ClN5O4. The van der Waals surface area contributed by atoms with E-state index in [0.717, 1.165) is 6.42 Å². The molecule has 1 aromatic heterocycles. The number of pyridine rings is 1. The number of nitrogen functional groups attached to an aromatic ring is 1. The second kappa shape index (κ2) is 8.54. The van der Waals surface area contributed by atoms with Gasteiger partial charge in [0.1, 0.15) is 11.9 Å². The Morgan fingerprint density at radius 2 is 2.03 bits per heavy atom. The maximum atomic E-state index is 12.8. The molecule has 3 heterocycles. The molecule has 0 spiro atoms. The van der Waals surface area contributed by atoms with Gasteiger partial charge in [-0.3, -0.25) is 14.4 Å². The molecule has 0 aromatic carbocycles. The van der Waals surface area contributed by atoms with Gasteiger partial charge >= 0.3 is 0 Å². The number of hydrogen-bond donors (Lipinski definition) is 3. The molecule has 1 atom stereocenters. The van der Waals surface area contributed by atoms with E-state index in [9.17, 15) is 19.5 Å². The highest BCUT2D eigenvalue weighted by molar-refractivity contribution is 6.33. The van der Waals surface area contributed by atoms with Crippen LogP contribution in [0.25, 0.3) is 0 Å². The number of hydrogen-bond acceptors (Lipinski definition) is 6. The van der Waals surface area contributed by atoms with E-state index in [4.69, 9.17) is 17.3 Å². The number of aliphatic hydroxyl groups is 1. The quantitative estimate of drug-likeness (QED) is 0.643. The maximum Gasteiger partial charge on any atom is 0.253 e. The Kier molecular flexibility index (Phi) is 6.28. The van der Waals surface area contributed by atoms with Crippen LogP contribution >= 0.6 is 11.6 Å². The van der Waals surface area contributed by atoms with E-state index >= 15 is 0 Å². The van der Waals surface area contributed by atoms with Crippen LogP contribution in [0.3, 0.4) is 0 Å². The van der Waals surface area contributed by atoms with Gasteiger partial charge in [0.05, 0.1) is 16.2 Å². The Hall–Kier alpha value is -2.39. The molecular weight excluding hydrogens is 398 g/mol. The number of nitrogens with zero attached hydrogens (tertiary/aromatic N) is 3. The molecule has 2 aliphatic heterocycles. The number of halogens is 1. The third-order valence-electron chi connectivity index (χ3n) is 5.66. The number of aromatic nitrogens is 1. The van der Waals surface area contributed by atoms with E-state index in [-0.39, 0.29) is 34.8 Å². The van der Waals surface area contributed by atoms with Gasteiger partial charge < -0.3 is 26.0 Å². The van der Waals surface area contributed by atoms with Crippen molar-refractivity contribution in [2.75, 3.05) is 31.9 Å². The summed E-state index contributed by atoms with van der Waals surface area (Å²) in [5.74, 6) is -0.417. The van der Waals surface area contributed by atoms with E-state index < -0.39 is 17.6 Å². The van der Waals surface area contributed by atoms with Crippen LogP contribution < -0.4 is 11.1 Å². The average Bonchev–Trinajstić information content (AvgIpc) is 3.18. The van der Waals surface area contributed by atoms with Crippen molar-refractivity contribution in [3.8, 4) is 0 Å². The molecule has 4 N–H and O–H groups in total. The van der Waals surface area contributed by atoms with Crippen LogP contribution in [0.1, 0.15) is 43.0 Å². The Balaban J connectivity index is 1.52. The van der Waals surface area contributed by atoms with Gasteiger partial charge in [-0.15, -0.1) is 0 Å². The fourth-order valence-corrected chi connectivity index (χ4v) is 4.02. The maximum absolute atomic E-state index is 12.8. The molecule has 2 aliphatic rings. The molecule has 0 unspecified atom stereocenters. The van der Waals surface area contributed by atoms with Gasteiger partial charge in [0.15, 0.2) is 0 Å². The lowest BCUT2D eigenvalue weighted by Gasteiger charge is -2.40. The van der Waals surface area contributed by atoms with Crippen molar-refractivity contribution >= 4 is 35.1 Å². The lowest BCUT2D eigenvalue weighted by atomic mass is 9.90. The van der Waals surface area contributed by atoms with Gasteiger partial charge in [-0.05, 0) is 31.7 Å². The molecule has 10 heteroatoms. The van der Waals surface area contributed by atoms with Crippen LogP contribution in [-0.2, 0) is 9.59 Å². The largest absolute Gasteiger partial charge is 0.388 e. The van der Waals surface area contributed by atoms with Crippen molar-refractivity contribution in [2.24, 2.45) is 0 Å². The fraction of sp³-hybridized carbons (Fsp3) is 0.579. The summed E-state index contributed by atoms with van der Waals surface area (Å²) in [4.78, 5) is 43.9. The zero-order valence-electron chi connectivity index (χ0n) is 16.4. The smallest absolute Gasteiger partial charge is 0.253 e. The molecule has 0 saturated carbocycles. The number of amides is 3. The van der Waals surface area contributed by atoms with Crippen LogP contribution in [0.15, 0.2) is 12.3 Å². The molecule has 1 aromatic rings. The summed E-state index contributed by atoms with van der Waals surface area (Å²) in [7, 11) is 0. The van der Waals surface area contributed by atoms with Gasteiger partial charge in [0, 0.05) is 39.3 Å². The zero-order chi connectivity index (χ0) is 21.2. The second-order valence-corrected chi connectivity index (χ2v) is 8.10. The monoisotopic (exact) mass is 423 g/mol. The van der Waals surface area contributed by atoms with Crippen LogP contribution in [0.5, 0.6) is 0 Å². The molecule has 0 radical (unpaired) electrons. The Labute approximate surface area is 174 Å². The van der Waals surface area contributed by atoms with Crippen LogP contribution in [0.4, 0.5) is 5.82 Å². The van der Waals surface area contributed by atoms with Gasteiger partial charge in [0.2, 0.25) is 11.8 Å². The first kappa shape index (κ1) is 21.3. The van der Waals surface area contributed by atoms with Gasteiger partial charge in [-0.1, -0.05) is 11.6 Å². The minimum Gasteiger partial charge on any atom is -0.388 e. The summed E-state index contributed by atoms with van der Waals surface area (Å²) in [6.07, 6.45) is 3.50. The van der Waals surface area contributed by atoms with Crippen molar-refractivity contribution in [1.82, 2.24) is 20.1 Å². The molecule has 0 aliphatic carbocycles. The number of nitrogens with two attached hydrogens (primary N) is 1. The predicted octanol–water partition coefficient (Wildman–Crippen LogP) is 0.411. The average molecular weight is 424 g/mol. The van der Waals surface area contributed by atoms with E-state index in [1.54, 1.807) is 9.80 Å². The first-order chi connectivity index (χ1) is 13.7. The molecule has 3 amide bonds. The topological polar surface area (TPSA) is 129 Å². The minimum atomic E-state index is -1.10. The lowest BCUT2D eigenvalue weighted by molar-refractivity contribution is -0.145. The van der Waals surface area contributed by atoms with Crippen molar-refractivity contribution in [2.45, 2.75) is 44.2 Å². The molecule has 29 heavy (non-hydrogen) atoms. The normalized spacial score (nSPS) is 21.1. The van der Waals surface area contributed by atoms with E-state index in [1.807, 2.05) is 0 Å². The van der Waals surface area contributed by atoms with E-state index in [1.165, 1.54) is 19.2 Å². The summed E-state index contributed by atoms with van der Waals surface area (Å²) in [5, 5.41) is 13.7. The third kappa shape index (κ3) is 4.79. The van der Waals surface area contributed by atoms with Crippen molar-refractivity contribution in [3.63, 3.8) is 0 Å². The second-order valence-electron chi connectivity index (χ2n) is 7.69. The van der Waals surface area contributed by atoms with Gasteiger partial charge in [0.25, 0.3) is 5.91 Å². The number of rotatable bonds is 4. The first-order valence-electron chi connectivity index (χ1n) is 9.68. The summed E-state index contributed by atoms with van der Waals surface area (Å²) < 4.78 is 0. The fourth-order valence-electron chi connectivity index (χ4n) is 3.85. The summed E-state index contributed by atoms with van der Waals surface area (Å²) in [6.45, 7) is 2.90. The Morgan fingerprint density at radius 1 is 1.34 bits per heavy atom. The molecule has 2 saturated heterocycles. The van der Waals surface area contributed by atoms with Crippen LogP contribution in [0, 0.1) is 0 Å².